The molecule has 4 heteroatoms. The Morgan fingerprint density at radius 2 is 1.77 bits per heavy atom. The van der Waals surface area contributed by atoms with Gasteiger partial charge in [0.25, 0.3) is 0 Å². The predicted octanol–water partition coefficient (Wildman–Crippen LogP) is 4.81. The Morgan fingerprint density at radius 1 is 1.00 bits per heavy atom. The van der Waals surface area contributed by atoms with Crippen molar-refractivity contribution in [3.05, 3.63) is 52.6 Å². The number of hydrogen-bond donors (Lipinski definition) is 0. The summed E-state index contributed by atoms with van der Waals surface area (Å²) in [5, 5.41) is 0. The fourth-order valence-corrected chi connectivity index (χ4v) is 6.28. The molecule has 3 unspecified atom stereocenters. The maximum absolute atomic E-state index is 12.9. The van der Waals surface area contributed by atoms with Crippen LogP contribution in [0, 0.1) is 17.3 Å². The monoisotopic (exact) mass is 405 g/mol. The van der Waals surface area contributed by atoms with Crippen molar-refractivity contribution in [2.24, 2.45) is 17.3 Å². The lowest BCUT2D eigenvalue weighted by molar-refractivity contribution is -0.130. The molecule has 0 spiro atoms. The maximum atomic E-state index is 12.9. The van der Waals surface area contributed by atoms with Gasteiger partial charge in [-0.1, -0.05) is 19.1 Å². The van der Waals surface area contributed by atoms with Crippen LogP contribution in [0.4, 0.5) is 5.69 Å². The average molecular weight is 406 g/mol. The normalized spacial score (nSPS) is 33.4. The van der Waals surface area contributed by atoms with E-state index in [-0.39, 0.29) is 17.3 Å². The summed E-state index contributed by atoms with van der Waals surface area (Å²) in [4.78, 5) is 27.1. The average Bonchev–Trinajstić information content (AvgIpc) is 2.95. The molecule has 0 amide bonds. The summed E-state index contributed by atoms with van der Waals surface area (Å²) in [6.07, 6.45) is 6.73. The van der Waals surface area contributed by atoms with Crippen LogP contribution in [-0.4, -0.2) is 32.3 Å². The zero-order chi connectivity index (χ0) is 21.0. The van der Waals surface area contributed by atoms with Gasteiger partial charge < -0.3 is 9.64 Å². The van der Waals surface area contributed by atoms with Gasteiger partial charge in [-0.15, -0.1) is 0 Å². The second kappa shape index (κ2) is 7.19. The van der Waals surface area contributed by atoms with Crippen molar-refractivity contribution in [2.75, 3.05) is 25.6 Å². The largest absolute Gasteiger partial charge is 0.378 e. The van der Waals surface area contributed by atoms with E-state index in [9.17, 15) is 9.59 Å². The Balaban J connectivity index is 1.65. The zero-order valence-electron chi connectivity index (χ0n) is 18.2. The van der Waals surface area contributed by atoms with Crippen LogP contribution in [0.15, 0.2) is 47.1 Å². The highest BCUT2D eigenvalue weighted by Gasteiger charge is 2.54. The fourth-order valence-electron chi connectivity index (χ4n) is 6.28. The minimum atomic E-state index is -0.388. The number of hydrogen-bond acceptors (Lipinski definition) is 4. The molecular weight excluding hydrogens is 374 g/mol. The van der Waals surface area contributed by atoms with E-state index in [1.54, 1.807) is 0 Å². The highest BCUT2D eigenvalue weighted by Crippen LogP contribution is 2.57. The fraction of sp³-hybridized carbons (Fsp3) is 0.538. The smallest absolute Gasteiger partial charge is 0.156 e. The van der Waals surface area contributed by atoms with Crippen molar-refractivity contribution < 1.29 is 14.3 Å². The van der Waals surface area contributed by atoms with Gasteiger partial charge in [0.15, 0.2) is 5.78 Å². The van der Waals surface area contributed by atoms with Crippen LogP contribution in [0.1, 0.15) is 57.1 Å². The molecule has 0 N–H and O–H groups in total. The lowest BCUT2D eigenvalue weighted by atomic mass is 9.64. The molecule has 4 nitrogen and oxygen atoms in total. The van der Waals surface area contributed by atoms with E-state index in [0.717, 1.165) is 36.9 Å². The van der Waals surface area contributed by atoms with E-state index in [1.165, 1.54) is 16.7 Å². The van der Waals surface area contributed by atoms with Crippen molar-refractivity contribution in [3.63, 3.8) is 0 Å². The zero-order valence-corrected chi connectivity index (χ0v) is 18.2. The quantitative estimate of drug-likeness (QED) is 0.709. The number of Topliss-reactive ketones (excluding diaryl/α,β-unsaturated/α-hetero) is 1. The van der Waals surface area contributed by atoms with Crippen LogP contribution in [0.25, 0.3) is 0 Å². The summed E-state index contributed by atoms with van der Waals surface area (Å²) < 4.78 is 6.62. The number of ketones is 2. The Morgan fingerprint density at radius 3 is 2.50 bits per heavy atom. The summed E-state index contributed by atoms with van der Waals surface area (Å²) in [7, 11) is 4.09. The Bertz CT molecular complexity index is 955. The molecule has 1 heterocycles. The highest BCUT2D eigenvalue weighted by molar-refractivity contribution is 5.93. The van der Waals surface area contributed by atoms with Crippen molar-refractivity contribution in [2.45, 2.75) is 51.6 Å². The predicted molar refractivity (Wildman–Crippen MR) is 117 cm³/mol. The first kappa shape index (κ1) is 19.7. The molecule has 0 bridgehead atoms. The number of carbonyl (C=O) groups is 2. The standard InChI is InChI=1S/C26H31NO3/c1-26-15-30-25(16-4-7-18(8-5-16)27(2)3)24-20-11-9-19(28)14-17(20)6-10-21(24)22(26)12-13-23(26)29/h4-5,7-8,14,21-22,25H,6,9-13,15H2,1-3H3/t21?,22?,25?,26-/m0/s1. The molecule has 4 aliphatic rings. The van der Waals surface area contributed by atoms with E-state index in [4.69, 9.17) is 4.74 Å². The van der Waals surface area contributed by atoms with Gasteiger partial charge in [0, 0.05) is 32.6 Å². The molecule has 1 aromatic rings. The Kier molecular flexibility index (Phi) is 4.73. The number of carbonyl (C=O) groups excluding carboxylic acids is 2. The first-order chi connectivity index (χ1) is 14.4. The van der Waals surface area contributed by atoms with E-state index in [0.29, 0.717) is 37.1 Å². The highest BCUT2D eigenvalue weighted by atomic mass is 16.5. The second-order valence-electron chi connectivity index (χ2n) is 9.88. The number of allylic oxidation sites excluding steroid dienone is 3. The van der Waals surface area contributed by atoms with E-state index in [1.807, 2.05) is 20.2 Å². The third-order valence-electron chi connectivity index (χ3n) is 7.98. The molecule has 1 aliphatic heterocycles. The van der Waals surface area contributed by atoms with Gasteiger partial charge in [-0.2, -0.15) is 0 Å². The Labute approximate surface area is 179 Å². The maximum Gasteiger partial charge on any atom is 0.156 e. The van der Waals surface area contributed by atoms with Gasteiger partial charge in [-0.25, -0.2) is 0 Å². The summed E-state index contributed by atoms with van der Waals surface area (Å²) in [6, 6.07) is 8.62. The molecule has 5 rings (SSSR count). The van der Waals surface area contributed by atoms with E-state index < -0.39 is 0 Å². The van der Waals surface area contributed by atoms with E-state index in [2.05, 4.69) is 36.1 Å². The molecule has 1 aromatic carbocycles. The topological polar surface area (TPSA) is 46.6 Å². The molecule has 3 aliphatic carbocycles. The number of fused-ring (bicyclic) bond motifs is 4. The second-order valence-corrected chi connectivity index (χ2v) is 9.88. The summed E-state index contributed by atoms with van der Waals surface area (Å²) in [6.45, 7) is 2.62. The number of anilines is 1. The van der Waals surface area contributed by atoms with Gasteiger partial charge in [-0.3, -0.25) is 9.59 Å². The van der Waals surface area contributed by atoms with Crippen LogP contribution >= 0.6 is 0 Å². The third kappa shape index (κ3) is 2.99. The number of benzene rings is 1. The number of nitrogens with zero attached hydrogens (tertiary/aromatic N) is 1. The van der Waals surface area contributed by atoms with Gasteiger partial charge in [0.2, 0.25) is 0 Å². The van der Waals surface area contributed by atoms with Crippen LogP contribution in [0.3, 0.4) is 0 Å². The molecule has 1 saturated heterocycles. The summed E-state index contributed by atoms with van der Waals surface area (Å²) in [5.41, 5.74) is 5.84. The van der Waals surface area contributed by atoms with Gasteiger partial charge >= 0.3 is 0 Å². The number of rotatable bonds is 2. The molecule has 4 atom stereocenters. The number of ether oxygens (including phenoxy) is 1. The molecule has 1 saturated carbocycles. The van der Waals surface area contributed by atoms with Gasteiger partial charge in [-0.05, 0) is 78.0 Å². The van der Waals surface area contributed by atoms with Crippen molar-refractivity contribution in [1.82, 2.24) is 0 Å². The van der Waals surface area contributed by atoms with Crippen molar-refractivity contribution in [3.8, 4) is 0 Å². The lowest BCUT2D eigenvalue weighted by Gasteiger charge is -2.39. The van der Waals surface area contributed by atoms with Crippen LogP contribution in [-0.2, 0) is 14.3 Å². The summed E-state index contributed by atoms with van der Waals surface area (Å²) >= 11 is 0. The first-order valence-corrected chi connectivity index (χ1v) is 11.3. The Hall–Kier alpha value is -2.20. The molecule has 158 valence electrons. The van der Waals surface area contributed by atoms with E-state index >= 15 is 0 Å². The SMILES string of the molecule is CN(C)c1ccc(C2OC[C@]3(C)C(=O)CCC3C3CCC4=CC(=O)CCC4=C23)cc1. The minimum Gasteiger partial charge on any atom is -0.378 e. The van der Waals surface area contributed by atoms with Crippen molar-refractivity contribution in [1.29, 1.82) is 0 Å². The third-order valence-corrected chi connectivity index (χ3v) is 7.98. The minimum absolute atomic E-state index is 0.131. The molecular formula is C26H31NO3. The summed E-state index contributed by atoms with van der Waals surface area (Å²) in [5.74, 6) is 1.32. The molecule has 30 heavy (non-hydrogen) atoms. The lowest BCUT2D eigenvalue weighted by Crippen LogP contribution is -2.36. The van der Waals surface area contributed by atoms with Crippen molar-refractivity contribution >= 4 is 17.3 Å². The van der Waals surface area contributed by atoms with Crippen LogP contribution in [0.5, 0.6) is 0 Å². The first-order valence-electron chi connectivity index (χ1n) is 11.3. The van der Waals surface area contributed by atoms with Crippen LogP contribution in [0.2, 0.25) is 0 Å². The molecule has 0 aromatic heterocycles. The molecule has 0 radical (unpaired) electrons. The van der Waals surface area contributed by atoms with Crippen LogP contribution < -0.4 is 4.90 Å². The van der Waals surface area contributed by atoms with Gasteiger partial charge in [0.05, 0.1) is 12.0 Å². The molecule has 2 fully saturated rings. The van der Waals surface area contributed by atoms with Gasteiger partial charge in [0.1, 0.15) is 11.9 Å².